The number of amides is 1. The Morgan fingerprint density at radius 1 is 1.17 bits per heavy atom. The maximum atomic E-state index is 13.4. The van der Waals surface area contributed by atoms with E-state index in [9.17, 15) is 17.6 Å². The van der Waals surface area contributed by atoms with E-state index in [1.54, 1.807) is 18.2 Å². The van der Waals surface area contributed by atoms with Gasteiger partial charge in [-0.25, -0.2) is 12.8 Å². The monoisotopic (exact) mass is 429 g/mol. The van der Waals surface area contributed by atoms with Crippen LogP contribution in [0, 0.1) is 5.82 Å². The highest BCUT2D eigenvalue weighted by Gasteiger charge is 2.25. The number of rotatable bonds is 7. The Bertz CT molecular complexity index is 1170. The van der Waals surface area contributed by atoms with E-state index in [1.807, 2.05) is 0 Å². The third-order valence-electron chi connectivity index (χ3n) is 4.31. The van der Waals surface area contributed by atoms with E-state index in [1.165, 1.54) is 67.8 Å². The summed E-state index contributed by atoms with van der Waals surface area (Å²) in [5.41, 5.74) is 0.728. The highest BCUT2D eigenvalue weighted by molar-refractivity contribution is 7.92. The topological polar surface area (TPSA) is 88.6 Å². The lowest BCUT2D eigenvalue weighted by atomic mass is 10.1. The molecule has 0 radical (unpaired) electrons. The minimum absolute atomic E-state index is 0.00763. The van der Waals surface area contributed by atoms with E-state index in [-0.39, 0.29) is 22.7 Å². The van der Waals surface area contributed by atoms with Crippen LogP contribution in [-0.2, 0) is 16.6 Å². The Morgan fingerprint density at radius 2 is 1.93 bits per heavy atom. The number of hydrogen-bond donors (Lipinski definition) is 1. The number of halogens is 1. The van der Waals surface area contributed by atoms with Gasteiger partial charge in [-0.1, -0.05) is 24.3 Å². The van der Waals surface area contributed by atoms with Crippen LogP contribution in [0.2, 0.25) is 0 Å². The zero-order chi connectivity index (χ0) is 21.7. The third kappa shape index (κ3) is 4.74. The van der Waals surface area contributed by atoms with Crippen LogP contribution in [0.15, 0.2) is 71.9 Å². The van der Waals surface area contributed by atoms with Crippen LogP contribution in [-0.4, -0.2) is 38.4 Å². The standard InChI is InChI=1S/C21H20FN3O4S/c1-25(14-15-6-5-7-16(22)12-15)21(26)17-8-3-4-9-20(17)30(27,28)24-18-13-23-11-10-19(18)29-2/h3-13,24H,14H2,1-2H3. The molecule has 0 saturated heterocycles. The van der Waals surface area contributed by atoms with Gasteiger partial charge in [0.15, 0.2) is 0 Å². The summed E-state index contributed by atoms with van der Waals surface area (Å²) in [5.74, 6) is -0.634. The average molecular weight is 429 g/mol. The van der Waals surface area contributed by atoms with Crippen molar-refractivity contribution in [3.05, 3.63) is 83.9 Å². The first-order valence-corrected chi connectivity index (χ1v) is 10.4. The number of carbonyl (C=O) groups is 1. The number of hydrogen-bond acceptors (Lipinski definition) is 5. The molecule has 0 unspecified atom stereocenters. The highest BCUT2D eigenvalue weighted by Crippen LogP contribution is 2.27. The molecule has 156 valence electrons. The molecule has 3 rings (SSSR count). The number of methoxy groups -OCH3 is 1. The van der Waals surface area contributed by atoms with Crippen molar-refractivity contribution in [3.8, 4) is 5.75 Å². The van der Waals surface area contributed by atoms with Crippen molar-refractivity contribution in [2.75, 3.05) is 18.9 Å². The molecule has 1 aromatic heterocycles. The van der Waals surface area contributed by atoms with Crippen LogP contribution in [0.5, 0.6) is 5.75 Å². The highest BCUT2D eigenvalue weighted by atomic mass is 32.2. The summed E-state index contributed by atoms with van der Waals surface area (Å²) < 4.78 is 47.0. The number of benzene rings is 2. The predicted octanol–water partition coefficient (Wildman–Crippen LogP) is 3.30. The Hall–Kier alpha value is -3.46. The van der Waals surface area contributed by atoms with E-state index in [2.05, 4.69) is 9.71 Å². The van der Waals surface area contributed by atoms with Gasteiger partial charge in [0.1, 0.15) is 22.1 Å². The second-order valence-corrected chi connectivity index (χ2v) is 8.12. The van der Waals surface area contributed by atoms with Crippen molar-refractivity contribution < 1.29 is 22.3 Å². The minimum Gasteiger partial charge on any atom is -0.494 e. The minimum atomic E-state index is -4.11. The quantitative estimate of drug-likeness (QED) is 0.623. The van der Waals surface area contributed by atoms with Gasteiger partial charge in [-0.2, -0.15) is 0 Å². The predicted molar refractivity (Wildman–Crippen MR) is 110 cm³/mol. The molecule has 2 aromatic carbocycles. The lowest BCUT2D eigenvalue weighted by Crippen LogP contribution is -2.28. The molecule has 1 N–H and O–H groups in total. The third-order valence-corrected chi connectivity index (χ3v) is 5.73. The molecule has 1 amide bonds. The molecule has 3 aromatic rings. The molecule has 0 aliphatic heterocycles. The van der Waals surface area contributed by atoms with Gasteiger partial charge in [-0.05, 0) is 29.8 Å². The number of nitrogens with one attached hydrogen (secondary N) is 1. The van der Waals surface area contributed by atoms with E-state index in [0.717, 1.165) is 0 Å². The molecular weight excluding hydrogens is 409 g/mol. The number of ether oxygens (including phenoxy) is 1. The number of anilines is 1. The Morgan fingerprint density at radius 3 is 2.67 bits per heavy atom. The van der Waals surface area contributed by atoms with Crippen molar-refractivity contribution in [2.24, 2.45) is 0 Å². The maximum Gasteiger partial charge on any atom is 0.262 e. The smallest absolute Gasteiger partial charge is 0.262 e. The first-order valence-electron chi connectivity index (χ1n) is 8.91. The number of carbonyl (C=O) groups excluding carboxylic acids is 1. The number of sulfonamides is 1. The van der Waals surface area contributed by atoms with Crippen LogP contribution in [0.1, 0.15) is 15.9 Å². The lowest BCUT2D eigenvalue weighted by molar-refractivity contribution is 0.0781. The fraction of sp³-hybridized carbons (Fsp3) is 0.143. The zero-order valence-electron chi connectivity index (χ0n) is 16.4. The molecule has 0 aliphatic rings. The first kappa shape index (κ1) is 21.3. The number of aromatic nitrogens is 1. The lowest BCUT2D eigenvalue weighted by Gasteiger charge is -2.20. The number of pyridine rings is 1. The van der Waals surface area contributed by atoms with Gasteiger partial charge < -0.3 is 9.64 Å². The van der Waals surface area contributed by atoms with Gasteiger partial charge in [-0.3, -0.25) is 14.5 Å². The van der Waals surface area contributed by atoms with Gasteiger partial charge in [0.05, 0.1) is 18.9 Å². The summed E-state index contributed by atoms with van der Waals surface area (Å²) in [6, 6.07) is 13.3. The molecule has 30 heavy (non-hydrogen) atoms. The summed E-state index contributed by atoms with van der Waals surface area (Å²) in [6.45, 7) is 0.120. The maximum absolute atomic E-state index is 13.4. The fourth-order valence-electron chi connectivity index (χ4n) is 2.90. The van der Waals surface area contributed by atoms with Crippen LogP contribution in [0.4, 0.5) is 10.1 Å². The van der Waals surface area contributed by atoms with Gasteiger partial charge in [0, 0.05) is 25.9 Å². The van der Waals surface area contributed by atoms with Crippen LogP contribution >= 0.6 is 0 Å². The second kappa shape index (κ2) is 8.91. The summed E-state index contributed by atoms with van der Waals surface area (Å²) in [7, 11) is -1.18. The van der Waals surface area contributed by atoms with Crippen molar-refractivity contribution in [1.29, 1.82) is 0 Å². The second-order valence-electron chi connectivity index (χ2n) is 6.47. The van der Waals surface area contributed by atoms with Crippen molar-refractivity contribution in [2.45, 2.75) is 11.4 Å². The van der Waals surface area contributed by atoms with E-state index < -0.39 is 21.7 Å². The number of nitrogens with zero attached hydrogens (tertiary/aromatic N) is 2. The molecular formula is C21H20FN3O4S. The van der Waals surface area contributed by atoms with Crippen LogP contribution in [0.25, 0.3) is 0 Å². The van der Waals surface area contributed by atoms with Gasteiger partial charge in [-0.15, -0.1) is 0 Å². The molecule has 0 bridgehead atoms. The van der Waals surface area contributed by atoms with Crippen LogP contribution < -0.4 is 9.46 Å². The van der Waals surface area contributed by atoms with Crippen molar-refractivity contribution >= 4 is 21.6 Å². The summed E-state index contributed by atoms with van der Waals surface area (Å²) in [6.07, 6.45) is 2.78. The van der Waals surface area contributed by atoms with E-state index in [0.29, 0.717) is 11.3 Å². The normalized spacial score (nSPS) is 11.0. The Labute approximate surface area is 174 Å². The molecule has 1 heterocycles. The molecule has 0 fully saturated rings. The molecule has 0 atom stereocenters. The molecule has 9 heteroatoms. The first-order chi connectivity index (χ1) is 14.3. The van der Waals surface area contributed by atoms with E-state index in [4.69, 9.17) is 4.74 Å². The van der Waals surface area contributed by atoms with Crippen LogP contribution in [0.3, 0.4) is 0 Å². The fourth-order valence-corrected chi connectivity index (χ4v) is 4.16. The van der Waals surface area contributed by atoms with Gasteiger partial charge in [0.25, 0.3) is 15.9 Å². The average Bonchev–Trinajstić information content (AvgIpc) is 2.73. The summed E-state index contributed by atoms with van der Waals surface area (Å²) in [4.78, 5) is 18.0. The summed E-state index contributed by atoms with van der Waals surface area (Å²) in [5, 5.41) is 0. The molecule has 7 nitrogen and oxygen atoms in total. The van der Waals surface area contributed by atoms with E-state index >= 15 is 0 Å². The molecule has 0 spiro atoms. The molecule has 0 aliphatic carbocycles. The van der Waals surface area contributed by atoms with Crippen molar-refractivity contribution in [1.82, 2.24) is 9.88 Å². The van der Waals surface area contributed by atoms with Gasteiger partial charge in [0.2, 0.25) is 0 Å². The van der Waals surface area contributed by atoms with Crippen molar-refractivity contribution in [3.63, 3.8) is 0 Å². The Kier molecular flexibility index (Phi) is 6.31. The zero-order valence-corrected chi connectivity index (χ0v) is 17.2. The molecule has 0 saturated carbocycles. The summed E-state index contributed by atoms with van der Waals surface area (Å²) >= 11 is 0. The Balaban J connectivity index is 1.90. The SMILES string of the molecule is COc1ccncc1NS(=O)(=O)c1ccccc1C(=O)N(C)Cc1cccc(F)c1. The largest absolute Gasteiger partial charge is 0.494 e. The van der Waals surface area contributed by atoms with Gasteiger partial charge >= 0.3 is 0 Å².